The number of hydrogen-bond donors (Lipinski definition) is 1. The van der Waals surface area contributed by atoms with Gasteiger partial charge in [-0.15, -0.1) is 0 Å². The van der Waals surface area contributed by atoms with Crippen molar-refractivity contribution >= 4 is 17.4 Å². The van der Waals surface area contributed by atoms with Crippen LogP contribution in [-0.2, 0) is 6.54 Å². The summed E-state index contributed by atoms with van der Waals surface area (Å²) in [5.41, 5.74) is 2.09. The minimum Gasteiger partial charge on any atom is -0.494 e. The highest BCUT2D eigenvalue weighted by Gasteiger charge is 2.02. The van der Waals surface area contributed by atoms with Gasteiger partial charge in [0.2, 0.25) is 5.28 Å². The first-order valence-corrected chi connectivity index (χ1v) is 6.51. The van der Waals surface area contributed by atoms with E-state index >= 15 is 0 Å². The Hall–Kier alpha value is -1.81. The quantitative estimate of drug-likeness (QED) is 0.851. The van der Waals surface area contributed by atoms with Gasteiger partial charge in [-0.3, -0.25) is 0 Å². The maximum absolute atomic E-state index is 5.78. The van der Waals surface area contributed by atoms with Crippen LogP contribution in [0.5, 0.6) is 5.75 Å². The van der Waals surface area contributed by atoms with E-state index in [0.29, 0.717) is 13.2 Å². The first-order valence-electron chi connectivity index (χ1n) is 6.14. The normalized spacial score (nSPS) is 10.3. The maximum Gasteiger partial charge on any atom is 0.224 e. The molecule has 2 rings (SSSR count). The Morgan fingerprint density at radius 3 is 3.00 bits per heavy atom. The molecule has 0 aliphatic carbocycles. The van der Waals surface area contributed by atoms with Gasteiger partial charge in [-0.05, 0) is 43.1 Å². The third-order valence-corrected chi connectivity index (χ3v) is 2.79. The van der Waals surface area contributed by atoms with Crippen molar-refractivity contribution in [1.82, 2.24) is 9.97 Å². The molecule has 1 aromatic carbocycles. The predicted molar refractivity (Wildman–Crippen MR) is 76.7 cm³/mol. The molecule has 4 nitrogen and oxygen atoms in total. The van der Waals surface area contributed by atoms with Gasteiger partial charge < -0.3 is 10.1 Å². The molecule has 0 bridgehead atoms. The van der Waals surface area contributed by atoms with E-state index < -0.39 is 0 Å². The van der Waals surface area contributed by atoms with Gasteiger partial charge in [0.05, 0.1) is 6.61 Å². The molecule has 0 fully saturated rings. The molecule has 0 aliphatic heterocycles. The largest absolute Gasteiger partial charge is 0.494 e. The van der Waals surface area contributed by atoms with E-state index in [1.54, 1.807) is 6.20 Å². The Kier molecular flexibility index (Phi) is 4.58. The molecule has 1 heterocycles. The van der Waals surface area contributed by atoms with E-state index in [0.717, 1.165) is 22.7 Å². The SMILES string of the molecule is CCOc1cccc(CNc2nc(Cl)ncc2C)c1. The van der Waals surface area contributed by atoms with Gasteiger partial charge in [-0.2, -0.15) is 0 Å². The fraction of sp³-hybridized carbons (Fsp3) is 0.286. The van der Waals surface area contributed by atoms with Crippen LogP contribution in [0.25, 0.3) is 0 Å². The number of rotatable bonds is 5. The van der Waals surface area contributed by atoms with Crippen LogP contribution in [0, 0.1) is 6.92 Å². The van der Waals surface area contributed by atoms with Gasteiger partial charge in [0.1, 0.15) is 11.6 Å². The number of ether oxygens (including phenoxy) is 1. The van der Waals surface area contributed by atoms with E-state index in [1.165, 1.54) is 0 Å². The first-order chi connectivity index (χ1) is 9.19. The molecular weight excluding hydrogens is 262 g/mol. The molecule has 19 heavy (non-hydrogen) atoms. The zero-order valence-electron chi connectivity index (χ0n) is 11.0. The number of halogens is 1. The molecule has 1 aromatic heterocycles. The molecule has 0 spiro atoms. The van der Waals surface area contributed by atoms with E-state index in [4.69, 9.17) is 16.3 Å². The van der Waals surface area contributed by atoms with Crippen LogP contribution in [0.15, 0.2) is 30.5 Å². The monoisotopic (exact) mass is 277 g/mol. The van der Waals surface area contributed by atoms with Crippen molar-refractivity contribution in [3.05, 3.63) is 46.9 Å². The molecule has 0 amide bonds. The Morgan fingerprint density at radius 2 is 2.21 bits per heavy atom. The Balaban J connectivity index is 2.05. The van der Waals surface area contributed by atoms with Crippen LogP contribution in [0.1, 0.15) is 18.1 Å². The van der Waals surface area contributed by atoms with E-state index in [-0.39, 0.29) is 5.28 Å². The summed E-state index contributed by atoms with van der Waals surface area (Å²) in [4.78, 5) is 8.09. The van der Waals surface area contributed by atoms with E-state index in [9.17, 15) is 0 Å². The van der Waals surface area contributed by atoms with Crippen LogP contribution in [-0.4, -0.2) is 16.6 Å². The lowest BCUT2D eigenvalue weighted by Crippen LogP contribution is -2.04. The molecule has 0 radical (unpaired) electrons. The van der Waals surface area contributed by atoms with Crippen molar-refractivity contribution < 1.29 is 4.74 Å². The second-order valence-corrected chi connectivity index (χ2v) is 4.44. The van der Waals surface area contributed by atoms with E-state index in [1.807, 2.05) is 38.1 Å². The van der Waals surface area contributed by atoms with Crippen molar-refractivity contribution in [2.24, 2.45) is 0 Å². The molecule has 0 saturated carbocycles. The molecular formula is C14H16ClN3O. The molecule has 1 N–H and O–H groups in total. The molecule has 0 aliphatic rings. The smallest absolute Gasteiger partial charge is 0.224 e. The highest BCUT2D eigenvalue weighted by molar-refractivity contribution is 6.28. The lowest BCUT2D eigenvalue weighted by atomic mass is 10.2. The maximum atomic E-state index is 5.78. The zero-order valence-corrected chi connectivity index (χ0v) is 11.7. The standard InChI is InChI=1S/C14H16ClN3O/c1-3-19-12-6-4-5-11(7-12)9-16-13-10(2)8-17-14(15)18-13/h4-8H,3,9H2,1-2H3,(H,16,17,18). The van der Waals surface area contributed by atoms with Crippen LogP contribution < -0.4 is 10.1 Å². The van der Waals surface area contributed by atoms with Gasteiger partial charge in [0.15, 0.2) is 0 Å². The summed E-state index contributed by atoms with van der Waals surface area (Å²) in [5, 5.41) is 3.49. The number of nitrogens with zero attached hydrogens (tertiary/aromatic N) is 2. The number of aryl methyl sites for hydroxylation is 1. The second-order valence-electron chi connectivity index (χ2n) is 4.10. The minimum absolute atomic E-state index is 0.246. The minimum atomic E-state index is 0.246. The van der Waals surface area contributed by atoms with Crippen LogP contribution in [0.4, 0.5) is 5.82 Å². The number of aromatic nitrogens is 2. The number of hydrogen-bond acceptors (Lipinski definition) is 4. The lowest BCUT2D eigenvalue weighted by Gasteiger charge is -2.09. The third-order valence-electron chi connectivity index (χ3n) is 2.61. The number of anilines is 1. The molecule has 0 atom stereocenters. The second kappa shape index (κ2) is 6.38. The first kappa shape index (κ1) is 13.6. The van der Waals surface area contributed by atoms with Crippen LogP contribution in [0.2, 0.25) is 5.28 Å². The molecule has 0 unspecified atom stereocenters. The van der Waals surface area contributed by atoms with Crippen molar-refractivity contribution in [3.8, 4) is 5.75 Å². The summed E-state index contributed by atoms with van der Waals surface area (Å²) in [6.45, 7) is 5.24. The van der Waals surface area contributed by atoms with Crippen molar-refractivity contribution in [2.75, 3.05) is 11.9 Å². The van der Waals surface area contributed by atoms with Crippen LogP contribution in [0.3, 0.4) is 0 Å². The lowest BCUT2D eigenvalue weighted by molar-refractivity contribution is 0.340. The zero-order chi connectivity index (χ0) is 13.7. The van der Waals surface area contributed by atoms with Gasteiger partial charge in [-0.1, -0.05) is 12.1 Å². The summed E-state index contributed by atoms with van der Waals surface area (Å²) in [6.07, 6.45) is 1.70. The van der Waals surface area contributed by atoms with Gasteiger partial charge in [0.25, 0.3) is 0 Å². The topological polar surface area (TPSA) is 47.0 Å². The summed E-state index contributed by atoms with van der Waals surface area (Å²) in [5.74, 6) is 1.63. The molecule has 2 aromatic rings. The summed E-state index contributed by atoms with van der Waals surface area (Å²) in [7, 11) is 0. The third kappa shape index (κ3) is 3.83. The Morgan fingerprint density at radius 1 is 1.37 bits per heavy atom. The summed E-state index contributed by atoms with van der Waals surface area (Å²) < 4.78 is 5.47. The van der Waals surface area contributed by atoms with Gasteiger partial charge >= 0.3 is 0 Å². The fourth-order valence-corrected chi connectivity index (χ4v) is 1.83. The Bertz CT molecular complexity index is 560. The van der Waals surface area contributed by atoms with Crippen LogP contribution >= 0.6 is 11.6 Å². The molecule has 100 valence electrons. The van der Waals surface area contributed by atoms with Crippen molar-refractivity contribution in [2.45, 2.75) is 20.4 Å². The number of nitrogens with one attached hydrogen (secondary N) is 1. The van der Waals surface area contributed by atoms with Crippen molar-refractivity contribution in [3.63, 3.8) is 0 Å². The molecule has 0 saturated heterocycles. The predicted octanol–water partition coefficient (Wildman–Crippen LogP) is 3.45. The van der Waals surface area contributed by atoms with Crippen molar-refractivity contribution in [1.29, 1.82) is 0 Å². The Labute approximate surface area is 117 Å². The highest BCUT2D eigenvalue weighted by atomic mass is 35.5. The fourth-order valence-electron chi connectivity index (χ4n) is 1.70. The molecule has 5 heteroatoms. The van der Waals surface area contributed by atoms with Gasteiger partial charge in [-0.25, -0.2) is 9.97 Å². The number of benzene rings is 1. The average Bonchev–Trinajstić information content (AvgIpc) is 2.41. The summed E-state index contributed by atoms with van der Waals surface area (Å²) in [6, 6.07) is 7.96. The highest BCUT2D eigenvalue weighted by Crippen LogP contribution is 2.16. The van der Waals surface area contributed by atoms with Gasteiger partial charge in [0, 0.05) is 18.3 Å². The summed E-state index contributed by atoms with van der Waals surface area (Å²) >= 11 is 5.78. The van der Waals surface area contributed by atoms with E-state index in [2.05, 4.69) is 15.3 Å². The average molecular weight is 278 g/mol.